The maximum Gasteiger partial charge on any atom is 0.300 e. The fourth-order valence-electron chi connectivity index (χ4n) is 2.99. The summed E-state index contributed by atoms with van der Waals surface area (Å²) in [4.78, 5) is 23.0. The number of hydrogen-bond donors (Lipinski definition) is 2. The van der Waals surface area contributed by atoms with Gasteiger partial charge >= 0.3 is 0 Å². The van der Waals surface area contributed by atoms with E-state index >= 15 is 0 Å². The van der Waals surface area contributed by atoms with Crippen LogP contribution in [0.2, 0.25) is 0 Å². The summed E-state index contributed by atoms with van der Waals surface area (Å²) in [5.74, 6) is 1.38. The maximum absolute atomic E-state index is 12.1. The average Bonchev–Trinajstić information content (AvgIpc) is 2.92. The first kappa shape index (κ1) is 17.4. The van der Waals surface area contributed by atoms with Crippen LogP contribution >= 0.6 is 0 Å². The van der Waals surface area contributed by atoms with Crippen molar-refractivity contribution in [1.82, 2.24) is 25.0 Å². The molecule has 2 N–H and O–H groups in total. The predicted molar refractivity (Wildman–Crippen MR) is 84.2 cm³/mol. The third kappa shape index (κ3) is 4.51. The number of nitrogens with one attached hydrogen (secondary N) is 1. The fraction of sp³-hybridized carbons (Fsp3) is 0.733. The van der Waals surface area contributed by atoms with Crippen molar-refractivity contribution < 1.29 is 14.7 Å². The summed E-state index contributed by atoms with van der Waals surface area (Å²) >= 11 is 0. The molecule has 2 aliphatic rings. The summed E-state index contributed by atoms with van der Waals surface area (Å²) in [7, 11) is 0. The number of aliphatic carboxylic acids is 1. The van der Waals surface area contributed by atoms with Gasteiger partial charge in [0.2, 0.25) is 5.82 Å². The Bertz CT molecular complexity index is 547. The Morgan fingerprint density at radius 1 is 1.30 bits per heavy atom. The number of carboxylic acid groups (broad SMARTS) is 1. The number of rotatable bonds is 3. The van der Waals surface area contributed by atoms with Crippen molar-refractivity contribution in [1.29, 1.82) is 0 Å². The molecule has 1 amide bonds. The number of carbonyl (C=O) groups excluding carboxylic acids is 1. The van der Waals surface area contributed by atoms with Crippen LogP contribution in [0.25, 0.3) is 0 Å². The topological polar surface area (TPSA) is 100 Å². The van der Waals surface area contributed by atoms with Crippen LogP contribution in [0, 0.1) is 5.92 Å². The predicted octanol–water partition coefficient (Wildman–Crippen LogP) is 0.387. The van der Waals surface area contributed by atoms with E-state index in [4.69, 9.17) is 9.90 Å². The Balaban J connectivity index is 0.000000433. The van der Waals surface area contributed by atoms with Crippen LogP contribution in [0.1, 0.15) is 43.1 Å². The van der Waals surface area contributed by atoms with Crippen molar-refractivity contribution in [3.8, 4) is 0 Å². The highest BCUT2D eigenvalue weighted by atomic mass is 16.4. The lowest BCUT2D eigenvalue weighted by atomic mass is 9.94. The summed E-state index contributed by atoms with van der Waals surface area (Å²) in [6.07, 6.45) is 3.34. The molecule has 3 heterocycles. The maximum atomic E-state index is 12.1. The van der Waals surface area contributed by atoms with Gasteiger partial charge in [-0.25, -0.2) is 0 Å². The van der Waals surface area contributed by atoms with Crippen molar-refractivity contribution in [2.75, 3.05) is 26.2 Å². The highest BCUT2D eigenvalue weighted by Crippen LogP contribution is 2.19. The van der Waals surface area contributed by atoms with E-state index in [0.717, 1.165) is 51.9 Å². The molecule has 0 atom stereocenters. The van der Waals surface area contributed by atoms with Gasteiger partial charge in [0.25, 0.3) is 11.9 Å². The molecule has 0 saturated carbocycles. The van der Waals surface area contributed by atoms with E-state index < -0.39 is 5.97 Å². The molecule has 2 aliphatic heterocycles. The lowest BCUT2D eigenvalue weighted by molar-refractivity contribution is -0.134. The van der Waals surface area contributed by atoms with Crippen LogP contribution < -0.4 is 5.32 Å². The summed E-state index contributed by atoms with van der Waals surface area (Å²) in [5.41, 5.74) is 0. The monoisotopic (exact) mass is 323 g/mol. The molecule has 0 radical (unpaired) electrons. The zero-order valence-corrected chi connectivity index (χ0v) is 13.8. The third-order valence-electron chi connectivity index (χ3n) is 4.21. The van der Waals surface area contributed by atoms with Gasteiger partial charge in [-0.05, 0) is 38.8 Å². The number of carboxylic acids is 1. The molecule has 1 saturated heterocycles. The minimum atomic E-state index is -0.833. The number of aromatic nitrogens is 3. The second kappa shape index (κ2) is 8.05. The number of amides is 1. The Morgan fingerprint density at radius 2 is 1.96 bits per heavy atom. The molecule has 0 spiro atoms. The SMILES string of the molecule is CC(=O)O.CCN1CCn2c(CC3CCNCC3)nnc2C1=O. The van der Waals surface area contributed by atoms with E-state index in [1.807, 2.05) is 16.4 Å². The summed E-state index contributed by atoms with van der Waals surface area (Å²) < 4.78 is 2.02. The molecular weight excluding hydrogens is 298 g/mol. The largest absolute Gasteiger partial charge is 0.481 e. The highest BCUT2D eigenvalue weighted by molar-refractivity contribution is 5.91. The lowest BCUT2D eigenvalue weighted by Gasteiger charge is -2.27. The lowest BCUT2D eigenvalue weighted by Crippen LogP contribution is -2.40. The molecule has 8 heteroatoms. The molecular formula is C15H25N5O3. The van der Waals surface area contributed by atoms with Crippen LogP contribution in [0.3, 0.4) is 0 Å². The Kier molecular flexibility index (Phi) is 6.09. The summed E-state index contributed by atoms with van der Waals surface area (Å²) in [5, 5.41) is 19.2. The smallest absolute Gasteiger partial charge is 0.300 e. The number of likely N-dealkylation sites (N-methyl/N-ethyl adjacent to an activating group) is 1. The van der Waals surface area contributed by atoms with E-state index in [2.05, 4.69) is 15.5 Å². The van der Waals surface area contributed by atoms with Gasteiger partial charge in [0, 0.05) is 33.0 Å². The highest BCUT2D eigenvalue weighted by Gasteiger charge is 2.28. The van der Waals surface area contributed by atoms with Crippen LogP contribution in [0.15, 0.2) is 0 Å². The molecule has 1 aromatic rings. The van der Waals surface area contributed by atoms with Gasteiger partial charge in [-0.1, -0.05) is 0 Å². The molecule has 8 nitrogen and oxygen atoms in total. The first-order chi connectivity index (χ1) is 11.0. The van der Waals surface area contributed by atoms with Crippen molar-refractivity contribution in [2.24, 2.45) is 5.92 Å². The zero-order valence-electron chi connectivity index (χ0n) is 13.8. The minimum absolute atomic E-state index is 0.0258. The Morgan fingerprint density at radius 3 is 2.57 bits per heavy atom. The molecule has 3 rings (SSSR count). The van der Waals surface area contributed by atoms with Gasteiger partial charge in [0.05, 0.1) is 0 Å². The Hall–Kier alpha value is -1.96. The van der Waals surface area contributed by atoms with Gasteiger partial charge in [-0.3, -0.25) is 9.59 Å². The molecule has 0 aromatic carbocycles. The first-order valence-electron chi connectivity index (χ1n) is 8.14. The molecule has 1 fully saturated rings. The summed E-state index contributed by atoms with van der Waals surface area (Å²) in [6.45, 7) is 7.62. The number of carbonyl (C=O) groups is 2. The van der Waals surface area contributed by atoms with Crippen molar-refractivity contribution in [3.05, 3.63) is 11.6 Å². The van der Waals surface area contributed by atoms with Gasteiger partial charge in [-0.2, -0.15) is 0 Å². The Labute approximate surface area is 135 Å². The van der Waals surface area contributed by atoms with Gasteiger partial charge in [0.1, 0.15) is 5.82 Å². The number of piperidine rings is 1. The zero-order chi connectivity index (χ0) is 16.8. The van der Waals surface area contributed by atoms with Crippen molar-refractivity contribution >= 4 is 11.9 Å². The minimum Gasteiger partial charge on any atom is -0.481 e. The average molecular weight is 323 g/mol. The first-order valence-corrected chi connectivity index (χ1v) is 8.14. The van der Waals surface area contributed by atoms with E-state index in [0.29, 0.717) is 11.7 Å². The van der Waals surface area contributed by atoms with Gasteiger partial charge in [0.15, 0.2) is 0 Å². The second-order valence-corrected chi connectivity index (χ2v) is 5.89. The number of nitrogens with zero attached hydrogens (tertiary/aromatic N) is 4. The van der Waals surface area contributed by atoms with Crippen molar-refractivity contribution in [3.63, 3.8) is 0 Å². The third-order valence-corrected chi connectivity index (χ3v) is 4.21. The standard InChI is InChI=1S/C13H21N5O.C2H4O2/c1-2-17-7-8-18-11(15-16-12(18)13(17)19)9-10-3-5-14-6-4-10;1-2(3)4/h10,14H,2-9H2,1H3;1H3,(H,3,4). The van der Waals surface area contributed by atoms with Crippen LogP contribution in [-0.2, 0) is 17.8 Å². The van der Waals surface area contributed by atoms with E-state index in [1.165, 1.54) is 12.8 Å². The van der Waals surface area contributed by atoms with E-state index in [-0.39, 0.29) is 5.91 Å². The van der Waals surface area contributed by atoms with Crippen molar-refractivity contribution in [2.45, 2.75) is 39.7 Å². The van der Waals surface area contributed by atoms with E-state index in [1.54, 1.807) is 0 Å². The number of fused-ring (bicyclic) bond motifs is 1. The fourth-order valence-corrected chi connectivity index (χ4v) is 2.99. The number of hydrogen-bond acceptors (Lipinski definition) is 5. The van der Waals surface area contributed by atoms with Gasteiger partial charge in [-0.15, -0.1) is 10.2 Å². The second-order valence-electron chi connectivity index (χ2n) is 5.89. The molecule has 0 aliphatic carbocycles. The van der Waals surface area contributed by atoms with Gasteiger partial charge < -0.3 is 19.9 Å². The molecule has 0 unspecified atom stereocenters. The normalized spacial score (nSPS) is 18.2. The van der Waals surface area contributed by atoms with Crippen LogP contribution in [0.4, 0.5) is 0 Å². The van der Waals surface area contributed by atoms with Crippen LogP contribution in [-0.4, -0.2) is 62.8 Å². The molecule has 1 aromatic heterocycles. The molecule has 23 heavy (non-hydrogen) atoms. The van der Waals surface area contributed by atoms with E-state index in [9.17, 15) is 4.79 Å². The summed E-state index contributed by atoms with van der Waals surface area (Å²) in [6, 6.07) is 0. The van der Waals surface area contributed by atoms with Crippen LogP contribution in [0.5, 0.6) is 0 Å². The molecule has 0 bridgehead atoms. The quantitative estimate of drug-likeness (QED) is 0.834. The molecule has 128 valence electrons.